The van der Waals surface area contributed by atoms with Gasteiger partial charge in [-0.1, -0.05) is 39.0 Å². The number of pyridine rings is 1. The van der Waals surface area contributed by atoms with E-state index in [4.69, 9.17) is 4.74 Å². The van der Waals surface area contributed by atoms with E-state index in [2.05, 4.69) is 28.3 Å². The molecule has 0 amide bonds. The van der Waals surface area contributed by atoms with Gasteiger partial charge in [0.2, 0.25) is 0 Å². The third kappa shape index (κ3) is 6.34. The van der Waals surface area contributed by atoms with E-state index < -0.39 is 0 Å². The van der Waals surface area contributed by atoms with Crippen LogP contribution in [0.5, 0.6) is 5.75 Å². The zero-order valence-electron chi connectivity index (χ0n) is 16.8. The molecule has 0 aliphatic carbocycles. The summed E-state index contributed by atoms with van der Waals surface area (Å²) in [6.45, 7) is 5.02. The topological polar surface area (TPSA) is 47.0 Å². The minimum absolute atomic E-state index is 0.791. The third-order valence-electron chi connectivity index (χ3n) is 4.58. The number of thiazole rings is 1. The summed E-state index contributed by atoms with van der Waals surface area (Å²) in [7, 11) is 0. The van der Waals surface area contributed by atoms with Gasteiger partial charge < -0.3 is 10.1 Å². The van der Waals surface area contributed by atoms with Crippen molar-refractivity contribution in [3.8, 4) is 17.0 Å². The standard InChI is InChI=1S/C23H29N3OS/c1-3-4-5-6-7-8-15-27-21-13-11-20(12-14-21)25-23-26-22(17-28-23)19-10-9-18(2)24-16-19/h9-14,16-17H,3-8,15H2,1-2H3,(H,25,26). The molecule has 2 aromatic heterocycles. The van der Waals surface area contributed by atoms with Gasteiger partial charge in [0.05, 0.1) is 12.3 Å². The monoisotopic (exact) mass is 395 g/mol. The summed E-state index contributed by atoms with van der Waals surface area (Å²) in [5.41, 5.74) is 4.00. The number of aryl methyl sites for hydroxylation is 1. The van der Waals surface area contributed by atoms with Crippen molar-refractivity contribution in [2.24, 2.45) is 0 Å². The first-order valence-corrected chi connectivity index (χ1v) is 11.0. The minimum atomic E-state index is 0.791. The molecule has 3 rings (SSSR count). The Labute approximate surface area is 172 Å². The van der Waals surface area contributed by atoms with Crippen LogP contribution in [0.15, 0.2) is 48.0 Å². The molecule has 28 heavy (non-hydrogen) atoms. The SMILES string of the molecule is CCCCCCCCOc1ccc(Nc2nc(-c3ccc(C)nc3)cs2)cc1. The highest BCUT2D eigenvalue weighted by Gasteiger charge is 2.05. The molecular formula is C23H29N3OS. The molecule has 0 saturated carbocycles. The average molecular weight is 396 g/mol. The number of benzene rings is 1. The number of ether oxygens (including phenoxy) is 1. The van der Waals surface area contributed by atoms with Crippen LogP contribution in [-0.2, 0) is 0 Å². The van der Waals surface area contributed by atoms with Crippen LogP contribution in [0.2, 0.25) is 0 Å². The summed E-state index contributed by atoms with van der Waals surface area (Å²) < 4.78 is 5.84. The number of rotatable bonds is 11. The summed E-state index contributed by atoms with van der Waals surface area (Å²) in [5, 5.41) is 6.28. The summed E-state index contributed by atoms with van der Waals surface area (Å²) in [6.07, 6.45) is 9.54. The number of unbranched alkanes of at least 4 members (excludes halogenated alkanes) is 5. The van der Waals surface area contributed by atoms with Crippen LogP contribution in [0.1, 0.15) is 51.1 Å². The maximum atomic E-state index is 5.84. The third-order valence-corrected chi connectivity index (χ3v) is 5.34. The quantitative estimate of drug-likeness (QED) is 0.355. The van der Waals surface area contributed by atoms with Crippen molar-refractivity contribution in [2.75, 3.05) is 11.9 Å². The number of anilines is 2. The highest BCUT2D eigenvalue weighted by molar-refractivity contribution is 7.14. The highest BCUT2D eigenvalue weighted by atomic mass is 32.1. The van der Waals surface area contributed by atoms with E-state index in [-0.39, 0.29) is 0 Å². The van der Waals surface area contributed by atoms with Gasteiger partial charge in [0.25, 0.3) is 0 Å². The van der Waals surface area contributed by atoms with E-state index in [0.29, 0.717) is 0 Å². The van der Waals surface area contributed by atoms with Crippen LogP contribution in [0.4, 0.5) is 10.8 Å². The fourth-order valence-electron chi connectivity index (χ4n) is 2.91. The van der Waals surface area contributed by atoms with Gasteiger partial charge in [0.15, 0.2) is 5.13 Å². The average Bonchev–Trinajstić information content (AvgIpc) is 3.17. The second-order valence-corrected chi connectivity index (χ2v) is 7.85. The number of nitrogens with zero attached hydrogens (tertiary/aromatic N) is 2. The minimum Gasteiger partial charge on any atom is -0.494 e. The van der Waals surface area contributed by atoms with Gasteiger partial charge in [-0.05, 0) is 49.7 Å². The molecule has 3 aromatic rings. The van der Waals surface area contributed by atoms with Crippen molar-refractivity contribution in [3.05, 3.63) is 53.7 Å². The van der Waals surface area contributed by atoms with E-state index in [1.54, 1.807) is 11.3 Å². The molecule has 0 unspecified atom stereocenters. The maximum absolute atomic E-state index is 5.84. The Bertz CT molecular complexity index is 828. The van der Waals surface area contributed by atoms with E-state index in [1.165, 1.54) is 32.1 Å². The highest BCUT2D eigenvalue weighted by Crippen LogP contribution is 2.27. The summed E-state index contributed by atoms with van der Waals surface area (Å²) in [6, 6.07) is 12.1. The second kappa shape index (κ2) is 10.8. The van der Waals surface area contributed by atoms with Crippen LogP contribution in [0, 0.1) is 6.92 Å². The van der Waals surface area contributed by atoms with Gasteiger partial charge in [0, 0.05) is 28.5 Å². The second-order valence-electron chi connectivity index (χ2n) is 6.99. The van der Waals surface area contributed by atoms with Crippen molar-refractivity contribution in [2.45, 2.75) is 52.4 Å². The Morgan fingerprint density at radius 2 is 1.75 bits per heavy atom. The molecule has 0 bridgehead atoms. The first kappa shape index (κ1) is 20.3. The van der Waals surface area contributed by atoms with E-state index in [1.807, 2.05) is 48.8 Å². The largest absolute Gasteiger partial charge is 0.494 e. The number of hydrogen-bond donors (Lipinski definition) is 1. The Morgan fingerprint density at radius 1 is 0.964 bits per heavy atom. The van der Waals surface area contributed by atoms with Gasteiger partial charge in [-0.2, -0.15) is 0 Å². The fourth-order valence-corrected chi connectivity index (χ4v) is 3.65. The molecule has 1 N–H and O–H groups in total. The van der Waals surface area contributed by atoms with Crippen LogP contribution < -0.4 is 10.1 Å². The van der Waals surface area contributed by atoms with Crippen LogP contribution in [0.3, 0.4) is 0 Å². The number of nitrogens with one attached hydrogen (secondary N) is 1. The van der Waals surface area contributed by atoms with Crippen molar-refractivity contribution < 1.29 is 4.74 Å². The lowest BCUT2D eigenvalue weighted by molar-refractivity contribution is 0.304. The number of aromatic nitrogens is 2. The molecule has 0 spiro atoms. The maximum Gasteiger partial charge on any atom is 0.187 e. The first-order chi connectivity index (χ1) is 13.7. The molecule has 0 aliphatic rings. The Hall–Kier alpha value is -2.40. The predicted molar refractivity (Wildman–Crippen MR) is 119 cm³/mol. The molecule has 4 nitrogen and oxygen atoms in total. The molecule has 0 saturated heterocycles. The Balaban J connectivity index is 1.45. The molecule has 0 atom stereocenters. The summed E-state index contributed by atoms with van der Waals surface area (Å²) >= 11 is 1.59. The zero-order chi connectivity index (χ0) is 19.6. The molecule has 2 heterocycles. The Morgan fingerprint density at radius 3 is 2.50 bits per heavy atom. The Kier molecular flexibility index (Phi) is 7.85. The van der Waals surface area contributed by atoms with Gasteiger partial charge in [-0.15, -0.1) is 11.3 Å². The lowest BCUT2D eigenvalue weighted by atomic mass is 10.1. The van der Waals surface area contributed by atoms with Crippen molar-refractivity contribution >= 4 is 22.2 Å². The smallest absolute Gasteiger partial charge is 0.187 e. The summed E-state index contributed by atoms with van der Waals surface area (Å²) in [4.78, 5) is 8.99. The van der Waals surface area contributed by atoms with Crippen LogP contribution in [-0.4, -0.2) is 16.6 Å². The predicted octanol–water partition coefficient (Wildman–Crippen LogP) is 7.00. The lowest BCUT2D eigenvalue weighted by Gasteiger charge is -2.08. The van der Waals surface area contributed by atoms with Gasteiger partial charge >= 0.3 is 0 Å². The van der Waals surface area contributed by atoms with Crippen LogP contribution in [0.25, 0.3) is 11.3 Å². The van der Waals surface area contributed by atoms with E-state index in [9.17, 15) is 0 Å². The first-order valence-electron chi connectivity index (χ1n) is 10.1. The molecule has 148 valence electrons. The van der Waals surface area contributed by atoms with Crippen molar-refractivity contribution in [1.29, 1.82) is 0 Å². The molecule has 0 radical (unpaired) electrons. The normalized spacial score (nSPS) is 10.8. The van der Waals surface area contributed by atoms with Gasteiger partial charge in [0.1, 0.15) is 5.75 Å². The zero-order valence-corrected chi connectivity index (χ0v) is 17.6. The van der Waals surface area contributed by atoms with Gasteiger partial charge in [-0.25, -0.2) is 4.98 Å². The molecule has 0 fully saturated rings. The fraction of sp³-hybridized carbons (Fsp3) is 0.391. The van der Waals surface area contributed by atoms with Gasteiger partial charge in [-0.3, -0.25) is 4.98 Å². The molecule has 0 aliphatic heterocycles. The summed E-state index contributed by atoms with van der Waals surface area (Å²) in [5.74, 6) is 0.921. The molecule has 5 heteroatoms. The molecular weight excluding hydrogens is 366 g/mol. The van der Waals surface area contributed by atoms with Crippen LogP contribution >= 0.6 is 11.3 Å². The van der Waals surface area contributed by atoms with E-state index >= 15 is 0 Å². The van der Waals surface area contributed by atoms with Crippen molar-refractivity contribution in [3.63, 3.8) is 0 Å². The lowest BCUT2D eigenvalue weighted by Crippen LogP contribution is -1.97. The molecule has 1 aromatic carbocycles. The number of hydrogen-bond acceptors (Lipinski definition) is 5. The van der Waals surface area contributed by atoms with E-state index in [0.717, 1.165) is 46.5 Å². The van der Waals surface area contributed by atoms with Crippen molar-refractivity contribution in [1.82, 2.24) is 9.97 Å².